The molecule has 0 spiro atoms. The number of nitrogens with zero attached hydrogens (tertiary/aromatic N) is 2. The molecule has 0 amide bonds. The molecule has 1 heterocycles. The molecular weight excluding hydrogens is 186 g/mol. The van der Waals surface area contributed by atoms with E-state index in [0.29, 0.717) is 0 Å². The van der Waals surface area contributed by atoms with E-state index in [-0.39, 0.29) is 23.9 Å². The monoisotopic (exact) mass is 199 g/mol. The van der Waals surface area contributed by atoms with E-state index >= 15 is 0 Å². The second-order valence-corrected chi connectivity index (χ2v) is 2.81. The van der Waals surface area contributed by atoms with Crippen LogP contribution < -0.4 is 17.2 Å². The maximum Gasteiger partial charge on any atom is 0.166 e. The minimum Gasteiger partial charge on any atom is -0.389 e. The first-order valence-corrected chi connectivity index (χ1v) is 4.00. The first-order chi connectivity index (χ1) is 6.56. The minimum absolute atomic E-state index is 0.0192. The molecule has 78 valence electrons. The topological polar surface area (TPSA) is 144 Å². The zero-order chi connectivity index (χ0) is 10.7. The fourth-order valence-electron chi connectivity index (χ4n) is 0.896. The van der Waals surface area contributed by atoms with Crippen molar-refractivity contribution in [1.29, 1.82) is 0 Å². The van der Waals surface area contributed by atoms with Crippen LogP contribution in [0.15, 0.2) is 6.20 Å². The lowest BCUT2D eigenvalue weighted by atomic mass is 10.1. The normalized spacial score (nSPS) is 15.1. The van der Waals surface area contributed by atoms with Gasteiger partial charge in [-0.05, 0) is 0 Å². The summed E-state index contributed by atoms with van der Waals surface area (Å²) in [5.41, 5.74) is 16.0. The molecule has 7 nitrogen and oxygen atoms in total. The van der Waals surface area contributed by atoms with Crippen molar-refractivity contribution in [2.24, 2.45) is 5.73 Å². The van der Waals surface area contributed by atoms with Crippen molar-refractivity contribution in [2.75, 3.05) is 18.0 Å². The minimum atomic E-state index is -1.20. The number of aliphatic hydroxyl groups excluding tert-OH is 2. The van der Waals surface area contributed by atoms with Crippen LogP contribution in [0.5, 0.6) is 0 Å². The van der Waals surface area contributed by atoms with Gasteiger partial charge in [-0.25, -0.2) is 9.97 Å². The summed E-state index contributed by atoms with van der Waals surface area (Å²) in [6.45, 7) is -0.0763. The summed E-state index contributed by atoms with van der Waals surface area (Å²) in [6, 6.07) is 0. The Hall–Kier alpha value is -1.44. The highest BCUT2D eigenvalue weighted by molar-refractivity contribution is 5.51. The van der Waals surface area contributed by atoms with Gasteiger partial charge in [0.05, 0.1) is 18.0 Å². The third kappa shape index (κ3) is 2.08. The molecule has 0 aliphatic heterocycles. The fraction of sp³-hybridized carbons (Fsp3) is 0.429. The number of nitrogen functional groups attached to an aromatic ring is 2. The molecule has 1 rings (SSSR count). The van der Waals surface area contributed by atoms with Crippen LogP contribution in [0.3, 0.4) is 0 Å². The zero-order valence-electron chi connectivity index (χ0n) is 7.46. The van der Waals surface area contributed by atoms with Crippen LogP contribution in [-0.4, -0.2) is 32.8 Å². The van der Waals surface area contributed by atoms with Crippen LogP contribution in [0.2, 0.25) is 0 Å². The summed E-state index contributed by atoms with van der Waals surface area (Å²) < 4.78 is 0. The molecule has 0 saturated heterocycles. The van der Waals surface area contributed by atoms with Gasteiger partial charge in [-0.15, -0.1) is 0 Å². The summed E-state index contributed by atoms with van der Waals surface area (Å²) in [5.74, 6) is 0.106. The van der Waals surface area contributed by atoms with Gasteiger partial charge in [0, 0.05) is 6.54 Å². The lowest BCUT2D eigenvalue weighted by Gasteiger charge is -2.15. The van der Waals surface area contributed by atoms with Gasteiger partial charge in [0.15, 0.2) is 11.6 Å². The largest absolute Gasteiger partial charge is 0.389 e. The van der Waals surface area contributed by atoms with E-state index in [1.54, 1.807) is 0 Å². The van der Waals surface area contributed by atoms with Crippen molar-refractivity contribution < 1.29 is 10.2 Å². The third-order valence-electron chi connectivity index (χ3n) is 1.76. The van der Waals surface area contributed by atoms with Gasteiger partial charge >= 0.3 is 0 Å². The van der Waals surface area contributed by atoms with E-state index < -0.39 is 12.2 Å². The third-order valence-corrected chi connectivity index (χ3v) is 1.76. The molecule has 7 heteroatoms. The summed E-state index contributed by atoms with van der Waals surface area (Å²) in [6.07, 6.45) is -1.04. The number of rotatable bonds is 3. The fourth-order valence-corrected chi connectivity index (χ4v) is 0.896. The smallest absolute Gasteiger partial charge is 0.166 e. The molecule has 0 aliphatic carbocycles. The predicted octanol–water partition coefficient (Wildman–Crippen LogP) is -2.01. The van der Waals surface area contributed by atoms with Gasteiger partial charge < -0.3 is 27.4 Å². The Bertz CT molecular complexity index is 319. The Balaban J connectivity index is 2.91. The standard InChI is InChI=1S/C7H13N5O2/c8-1-4(13)5(14)3-2-11-6(9)7(10)12-3/h2,4-5,13-14H,1,8H2,(H2,9,11)(H2,10,12). The molecule has 0 radical (unpaired) electrons. The summed E-state index contributed by atoms with van der Waals surface area (Å²) in [5, 5.41) is 18.7. The lowest BCUT2D eigenvalue weighted by Crippen LogP contribution is -2.28. The van der Waals surface area contributed by atoms with E-state index in [1.165, 1.54) is 6.20 Å². The Morgan fingerprint density at radius 3 is 2.43 bits per heavy atom. The van der Waals surface area contributed by atoms with Gasteiger partial charge in [-0.1, -0.05) is 0 Å². The van der Waals surface area contributed by atoms with E-state index in [2.05, 4.69) is 9.97 Å². The molecule has 1 aromatic heterocycles. The maximum atomic E-state index is 9.48. The summed E-state index contributed by atoms with van der Waals surface area (Å²) in [4.78, 5) is 7.46. The maximum absolute atomic E-state index is 9.48. The van der Waals surface area contributed by atoms with E-state index in [4.69, 9.17) is 17.2 Å². The van der Waals surface area contributed by atoms with E-state index in [0.717, 1.165) is 0 Å². The van der Waals surface area contributed by atoms with E-state index in [9.17, 15) is 10.2 Å². The first-order valence-electron chi connectivity index (χ1n) is 4.00. The van der Waals surface area contributed by atoms with Crippen molar-refractivity contribution in [2.45, 2.75) is 12.2 Å². The molecule has 0 saturated carbocycles. The Kier molecular flexibility index (Phi) is 3.18. The summed E-state index contributed by atoms with van der Waals surface area (Å²) >= 11 is 0. The van der Waals surface area contributed by atoms with Crippen LogP contribution in [0.25, 0.3) is 0 Å². The van der Waals surface area contributed by atoms with Gasteiger partial charge in [0.2, 0.25) is 0 Å². The molecule has 2 unspecified atom stereocenters. The van der Waals surface area contributed by atoms with Crippen molar-refractivity contribution >= 4 is 11.6 Å². The summed E-state index contributed by atoms with van der Waals surface area (Å²) in [7, 11) is 0. The SMILES string of the molecule is NCC(O)C(O)c1cnc(N)c(N)n1. The van der Waals surface area contributed by atoms with Crippen molar-refractivity contribution in [1.82, 2.24) is 9.97 Å². The van der Waals surface area contributed by atoms with Crippen molar-refractivity contribution in [3.63, 3.8) is 0 Å². The molecule has 1 aromatic rings. The molecular formula is C7H13N5O2. The Morgan fingerprint density at radius 1 is 1.29 bits per heavy atom. The number of nitrogens with two attached hydrogens (primary N) is 3. The molecule has 14 heavy (non-hydrogen) atoms. The second kappa shape index (κ2) is 4.18. The lowest BCUT2D eigenvalue weighted by molar-refractivity contribution is 0.0216. The Morgan fingerprint density at radius 2 is 1.93 bits per heavy atom. The van der Waals surface area contributed by atoms with Crippen molar-refractivity contribution in [3.8, 4) is 0 Å². The highest BCUT2D eigenvalue weighted by Crippen LogP contribution is 2.16. The van der Waals surface area contributed by atoms with E-state index in [1.807, 2.05) is 0 Å². The van der Waals surface area contributed by atoms with Gasteiger partial charge in [0.1, 0.15) is 6.10 Å². The average molecular weight is 199 g/mol. The number of anilines is 2. The molecule has 0 bridgehead atoms. The number of hydrogen-bond acceptors (Lipinski definition) is 7. The number of aliphatic hydroxyl groups is 2. The Labute approximate surface area is 80.6 Å². The van der Waals surface area contributed by atoms with Crippen LogP contribution >= 0.6 is 0 Å². The number of hydrogen-bond donors (Lipinski definition) is 5. The first kappa shape index (κ1) is 10.6. The average Bonchev–Trinajstić information content (AvgIpc) is 2.20. The quantitative estimate of drug-likeness (QED) is 0.378. The molecule has 0 aliphatic rings. The van der Waals surface area contributed by atoms with Gasteiger partial charge in [0.25, 0.3) is 0 Å². The highest BCUT2D eigenvalue weighted by atomic mass is 16.3. The van der Waals surface area contributed by atoms with Crippen LogP contribution in [0.1, 0.15) is 11.8 Å². The molecule has 0 aromatic carbocycles. The highest BCUT2D eigenvalue weighted by Gasteiger charge is 2.19. The van der Waals surface area contributed by atoms with Gasteiger partial charge in [-0.2, -0.15) is 0 Å². The van der Waals surface area contributed by atoms with Crippen LogP contribution in [-0.2, 0) is 0 Å². The zero-order valence-corrected chi connectivity index (χ0v) is 7.46. The van der Waals surface area contributed by atoms with Crippen molar-refractivity contribution in [3.05, 3.63) is 11.9 Å². The van der Waals surface area contributed by atoms with Crippen LogP contribution in [0.4, 0.5) is 11.6 Å². The molecule has 8 N–H and O–H groups in total. The number of aromatic nitrogens is 2. The molecule has 2 atom stereocenters. The molecule has 0 fully saturated rings. The predicted molar refractivity (Wildman–Crippen MR) is 50.9 cm³/mol. The van der Waals surface area contributed by atoms with Crippen LogP contribution in [0, 0.1) is 0 Å². The second-order valence-electron chi connectivity index (χ2n) is 2.81. The van der Waals surface area contributed by atoms with Gasteiger partial charge in [-0.3, -0.25) is 0 Å².